The van der Waals surface area contributed by atoms with Gasteiger partial charge in [-0.3, -0.25) is 4.79 Å². The maximum atomic E-state index is 14.0. The van der Waals surface area contributed by atoms with Crippen LogP contribution in [0.1, 0.15) is 23.3 Å². The number of nitrogens with one attached hydrogen (secondary N) is 2. The smallest absolute Gasteiger partial charge is 0.409 e. The lowest BCUT2D eigenvalue weighted by atomic mass is 10.1. The Morgan fingerprint density at radius 1 is 1.19 bits per heavy atom. The van der Waals surface area contributed by atoms with E-state index in [1.165, 1.54) is 42.5 Å². The lowest BCUT2D eigenvalue weighted by Gasteiger charge is -2.31. The van der Waals surface area contributed by atoms with E-state index in [1.807, 2.05) is 0 Å². The fraction of sp³-hybridized carbons (Fsp3) is 0.300. The van der Waals surface area contributed by atoms with E-state index in [4.69, 9.17) is 15.2 Å². The average Bonchev–Trinajstić information content (AvgIpc) is 2.73. The number of hydrogen-bond donors (Lipinski definition) is 3. The van der Waals surface area contributed by atoms with Crippen LogP contribution in [-0.4, -0.2) is 54.2 Å². The molecule has 11 heteroatoms. The molecule has 0 saturated carbocycles. The Balaban J connectivity index is 1.61. The molecule has 2 aromatic rings. The topological polar surface area (TPSA) is 136 Å². The number of methoxy groups -OCH3 is 1. The second kappa shape index (κ2) is 9.74. The lowest BCUT2D eigenvalue weighted by molar-refractivity contribution is 0.0693. The Hall–Kier alpha value is -3.89. The van der Waals surface area contributed by atoms with Crippen molar-refractivity contribution in [1.82, 2.24) is 9.88 Å². The van der Waals surface area contributed by atoms with Gasteiger partial charge in [-0.15, -0.1) is 0 Å². The fourth-order valence-electron chi connectivity index (χ4n) is 3.13. The summed E-state index contributed by atoms with van der Waals surface area (Å²) in [6, 6.07) is 6.01. The van der Waals surface area contributed by atoms with Gasteiger partial charge < -0.3 is 30.7 Å². The largest absolute Gasteiger partial charge is 0.488 e. The number of amides is 4. The number of ether oxygens (including phenoxy) is 2. The summed E-state index contributed by atoms with van der Waals surface area (Å²) in [5, 5.41) is 5.02. The summed E-state index contributed by atoms with van der Waals surface area (Å²) in [5.41, 5.74) is 5.68. The number of aromatic nitrogens is 1. The number of halogens is 1. The molecule has 1 aliphatic rings. The zero-order chi connectivity index (χ0) is 22.4. The number of hydrogen-bond acceptors (Lipinski definition) is 6. The van der Waals surface area contributed by atoms with Crippen LogP contribution in [0.15, 0.2) is 36.5 Å². The first-order valence-corrected chi connectivity index (χ1v) is 9.48. The number of urea groups is 1. The monoisotopic (exact) mass is 431 g/mol. The minimum absolute atomic E-state index is 0.0614. The molecule has 0 bridgehead atoms. The number of benzene rings is 1. The molecule has 1 saturated heterocycles. The van der Waals surface area contributed by atoms with Gasteiger partial charge in [-0.25, -0.2) is 19.0 Å². The number of nitrogens with two attached hydrogens (primary N) is 1. The number of pyridine rings is 1. The fourth-order valence-corrected chi connectivity index (χ4v) is 3.13. The van der Waals surface area contributed by atoms with Gasteiger partial charge in [0.15, 0.2) is 0 Å². The van der Waals surface area contributed by atoms with Crippen LogP contribution in [0.25, 0.3) is 0 Å². The molecule has 1 fully saturated rings. The summed E-state index contributed by atoms with van der Waals surface area (Å²) < 4.78 is 24.6. The van der Waals surface area contributed by atoms with E-state index in [-0.39, 0.29) is 23.2 Å². The number of piperidine rings is 1. The van der Waals surface area contributed by atoms with E-state index < -0.39 is 23.8 Å². The highest BCUT2D eigenvalue weighted by Crippen LogP contribution is 2.24. The van der Waals surface area contributed by atoms with Crippen LogP contribution in [0.2, 0.25) is 0 Å². The SMILES string of the molecule is COC(=O)N1CCCC(Oc2cc(F)cc(NC(=O)Nc3ccc(C(N)=O)nc3)c2)C1. The maximum Gasteiger partial charge on any atom is 0.409 e. The van der Waals surface area contributed by atoms with Gasteiger partial charge in [0, 0.05) is 24.4 Å². The summed E-state index contributed by atoms with van der Waals surface area (Å²) in [6.45, 7) is 0.888. The van der Waals surface area contributed by atoms with Gasteiger partial charge in [0.1, 0.15) is 23.4 Å². The molecule has 1 aromatic carbocycles. The molecular weight excluding hydrogens is 409 g/mol. The zero-order valence-electron chi connectivity index (χ0n) is 16.8. The van der Waals surface area contributed by atoms with Gasteiger partial charge in [0.05, 0.1) is 25.5 Å². The number of likely N-dealkylation sites (tertiary alicyclic amines) is 1. The normalized spacial score (nSPS) is 15.7. The molecule has 0 radical (unpaired) electrons. The highest BCUT2D eigenvalue weighted by Gasteiger charge is 2.25. The van der Waals surface area contributed by atoms with Crippen molar-refractivity contribution in [3.63, 3.8) is 0 Å². The van der Waals surface area contributed by atoms with Gasteiger partial charge in [-0.05, 0) is 31.0 Å². The van der Waals surface area contributed by atoms with Crippen molar-refractivity contribution < 1.29 is 28.2 Å². The molecule has 0 aliphatic carbocycles. The van der Waals surface area contributed by atoms with Gasteiger partial charge in [-0.2, -0.15) is 0 Å². The van der Waals surface area contributed by atoms with Gasteiger partial charge >= 0.3 is 12.1 Å². The lowest BCUT2D eigenvalue weighted by Crippen LogP contribution is -2.44. The van der Waals surface area contributed by atoms with Crippen LogP contribution in [0.4, 0.5) is 25.4 Å². The van der Waals surface area contributed by atoms with Crippen LogP contribution in [0, 0.1) is 5.82 Å². The van der Waals surface area contributed by atoms with Gasteiger partial charge in [-0.1, -0.05) is 0 Å². The highest BCUT2D eigenvalue weighted by molar-refractivity contribution is 6.00. The third-order valence-corrected chi connectivity index (χ3v) is 4.52. The van der Waals surface area contributed by atoms with Crippen molar-refractivity contribution in [2.24, 2.45) is 5.73 Å². The molecule has 10 nitrogen and oxygen atoms in total. The van der Waals surface area contributed by atoms with Crippen molar-refractivity contribution >= 4 is 29.4 Å². The Bertz CT molecular complexity index is 969. The van der Waals surface area contributed by atoms with Crippen LogP contribution < -0.4 is 21.1 Å². The molecule has 0 spiro atoms. The van der Waals surface area contributed by atoms with Crippen LogP contribution in [0.3, 0.4) is 0 Å². The van der Waals surface area contributed by atoms with Crippen molar-refractivity contribution in [3.05, 3.63) is 48.0 Å². The summed E-state index contributed by atoms with van der Waals surface area (Å²) in [5.74, 6) is -1.06. The standard InChI is InChI=1S/C20H22FN5O5/c1-30-20(29)26-6-2-3-15(11-26)31-16-8-12(21)7-14(9-16)25-19(28)24-13-4-5-17(18(22)27)23-10-13/h4-5,7-10,15H,2-3,6,11H2,1H3,(H2,22,27)(H2,24,25,28). The number of rotatable bonds is 5. The number of carbonyl (C=O) groups is 3. The summed E-state index contributed by atoms with van der Waals surface area (Å²) in [4.78, 5) is 40.3. The predicted molar refractivity (Wildman–Crippen MR) is 109 cm³/mol. The third kappa shape index (κ3) is 6.04. The molecule has 1 atom stereocenters. The number of anilines is 2. The molecule has 1 aliphatic heterocycles. The number of primary amides is 1. The van der Waals surface area contributed by atoms with Crippen LogP contribution >= 0.6 is 0 Å². The van der Waals surface area contributed by atoms with Gasteiger partial charge in [0.25, 0.3) is 5.91 Å². The van der Waals surface area contributed by atoms with Crippen LogP contribution in [-0.2, 0) is 4.74 Å². The Kier molecular flexibility index (Phi) is 6.85. The molecule has 3 rings (SSSR count). The molecule has 1 aromatic heterocycles. The van der Waals surface area contributed by atoms with Crippen molar-refractivity contribution in [2.75, 3.05) is 30.8 Å². The van der Waals surface area contributed by atoms with Crippen molar-refractivity contribution in [3.8, 4) is 5.75 Å². The molecule has 31 heavy (non-hydrogen) atoms. The van der Waals surface area contributed by atoms with E-state index >= 15 is 0 Å². The number of nitrogens with zero attached hydrogens (tertiary/aromatic N) is 2. The molecule has 1 unspecified atom stereocenters. The van der Waals surface area contributed by atoms with E-state index in [1.54, 1.807) is 0 Å². The molecule has 4 amide bonds. The van der Waals surface area contributed by atoms with E-state index in [0.29, 0.717) is 25.2 Å². The second-order valence-electron chi connectivity index (χ2n) is 6.85. The molecule has 4 N–H and O–H groups in total. The predicted octanol–water partition coefficient (Wildman–Crippen LogP) is 2.57. The highest BCUT2D eigenvalue weighted by atomic mass is 19.1. The number of carbonyl (C=O) groups excluding carboxylic acids is 3. The molecule has 164 valence electrons. The Morgan fingerprint density at radius 3 is 2.65 bits per heavy atom. The van der Waals surface area contributed by atoms with Crippen molar-refractivity contribution in [1.29, 1.82) is 0 Å². The minimum atomic E-state index is -0.684. The van der Waals surface area contributed by atoms with Crippen LogP contribution in [0.5, 0.6) is 5.75 Å². The summed E-state index contributed by atoms with van der Waals surface area (Å²) in [7, 11) is 1.31. The minimum Gasteiger partial charge on any atom is -0.488 e. The Morgan fingerprint density at radius 2 is 1.97 bits per heavy atom. The van der Waals surface area contributed by atoms with Crippen molar-refractivity contribution in [2.45, 2.75) is 18.9 Å². The Labute approximate surface area is 177 Å². The molecule has 2 heterocycles. The molecular formula is C20H22FN5O5. The quantitative estimate of drug-likeness (QED) is 0.666. The van der Waals surface area contributed by atoms with E-state index in [2.05, 4.69) is 15.6 Å². The maximum absolute atomic E-state index is 14.0. The van der Waals surface area contributed by atoms with E-state index in [0.717, 1.165) is 12.5 Å². The first-order chi connectivity index (χ1) is 14.8. The average molecular weight is 431 g/mol. The summed E-state index contributed by atoms with van der Waals surface area (Å²) >= 11 is 0. The second-order valence-corrected chi connectivity index (χ2v) is 6.85. The first kappa shape index (κ1) is 21.8. The first-order valence-electron chi connectivity index (χ1n) is 9.48. The summed E-state index contributed by atoms with van der Waals surface area (Å²) in [6.07, 6.45) is 1.93. The van der Waals surface area contributed by atoms with E-state index in [9.17, 15) is 18.8 Å². The third-order valence-electron chi connectivity index (χ3n) is 4.52. The zero-order valence-corrected chi connectivity index (χ0v) is 16.8. The van der Waals surface area contributed by atoms with Gasteiger partial charge in [0.2, 0.25) is 0 Å².